The Kier molecular flexibility index (Phi) is 4.96. The molecule has 1 heterocycles. The van der Waals surface area contributed by atoms with E-state index < -0.39 is 0 Å². The highest BCUT2D eigenvalue weighted by Crippen LogP contribution is 2.29. The van der Waals surface area contributed by atoms with Crippen LogP contribution in [-0.2, 0) is 6.54 Å². The molecule has 2 aromatic rings. The number of rotatable bonds is 6. The first kappa shape index (κ1) is 14.8. The third-order valence-electron chi connectivity index (χ3n) is 3.34. The van der Waals surface area contributed by atoms with Gasteiger partial charge >= 0.3 is 0 Å². The molecule has 3 heteroatoms. The Bertz CT molecular complexity index is 483. The maximum atomic E-state index is 4.07. The number of hydrogen-bond donors (Lipinski definition) is 1. The van der Waals surface area contributed by atoms with E-state index in [0.717, 1.165) is 19.5 Å². The Morgan fingerprint density at radius 2 is 1.95 bits per heavy atom. The van der Waals surface area contributed by atoms with E-state index in [9.17, 15) is 0 Å². The molecule has 1 aromatic heterocycles. The Balaban J connectivity index is 1.96. The fraction of sp³-hybridized carbons (Fsp3) is 0.471. The van der Waals surface area contributed by atoms with Gasteiger partial charge in [-0.15, -0.1) is 0 Å². The zero-order chi connectivity index (χ0) is 14.4. The molecule has 0 aliphatic heterocycles. The molecule has 1 unspecified atom stereocenters. The lowest BCUT2D eigenvalue weighted by Crippen LogP contribution is -2.28. The van der Waals surface area contributed by atoms with Crippen molar-refractivity contribution in [3.63, 3.8) is 0 Å². The molecule has 1 atom stereocenters. The summed E-state index contributed by atoms with van der Waals surface area (Å²) < 4.78 is 2.10. The van der Waals surface area contributed by atoms with Crippen LogP contribution in [0.4, 0.5) is 0 Å². The highest BCUT2D eigenvalue weighted by molar-refractivity contribution is 5.19. The minimum absolute atomic E-state index is 0.308. The van der Waals surface area contributed by atoms with Crippen LogP contribution in [0.2, 0.25) is 0 Å². The molecule has 108 valence electrons. The summed E-state index contributed by atoms with van der Waals surface area (Å²) in [7, 11) is 0. The van der Waals surface area contributed by atoms with Gasteiger partial charge in [0.2, 0.25) is 0 Å². The summed E-state index contributed by atoms with van der Waals surface area (Å²) in [5.74, 6) is 0. The third kappa shape index (κ3) is 4.82. The second kappa shape index (κ2) is 6.71. The quantitative estimate of drug-likeness (QED) is 0.869. The van der Waals surface area contributed by atoms with Gasteiger partial charge in [-0.25, -0.2) is 4.98 Å². The Labute approximate surface area is 122 Å². The fourth-order valence-corrected chi connectivity index (χ4v) is 2.39. The first-order valence-electron chi connectivity index (χ1n) is 7.29. The summed E-state index contributed by atoms with van der Waals surface area (Å²) >= 11 is 0. The van der Waals surface area contributed by atoms with Gasteiger partial charge in [0, 0.05) is 31.5 Å². The highest BCUT2D eigenvalue weighted by atomic mass is 15.0. The van der Waals surface area contributed by atoms with Crippen molar-refractivity contribution < 1.29 is 0 Å². The Morgan fingerprint density at radius 1 is 1.20 bits per heavy atom. The molecular formula is C17H25N3. The van der Waals surface area contributed by atoms with Gasteiger partial charge in [-0.05, 0) is 17.4 Å². The van der Waals surface area contributed by atoms with Gasteiger partial charge < -0.3 is 9.88 Å². The van der Waals surface area contributed by atoms with Gasteiger partial charge in [0.05, 0.1) is 6.33 Å². The lowest BCUT2D eigenvalue weighted by molar-refractivity contribution is 0.309. The van der Waals surface area contributed by atoms with Gasteiger partial charge in [-0.1, -0.05) is 51.1 Å². The number of nitrogens with zero attached hydrogens (tertiary/aromatic N) is 2. The van der Waals surface area contributed by atoms with E-state index in [1.165, 1.54) is 5.56 Å². The minimum atomic E-state index is 0.308. The molecule has 0 saturated carbocycles. The molecule has 1 aromatic carbocycles. The Hall–Kier alpha value is -1.61. The fourth-order valence-electron chi connectivity index (χ4n) is 2.39. The number of nitrogens with one attached hydrogen (secondary N) is 1. The van der Waals surface area contributed by atoms with Crippen LogP contribution in [0, 0.1) is 5.41 Å². The molecule has 1 N–H and O–H groups in total. The molecule has 2 rings (SSSR count). The average Bonchev–Trinajstić information content (AvgIpc) is 2.90. The topological polar surface area (TPSA) is 29.9 Å². The predicted octanol–water partition coefficient (Wildman–Crippen LogP) is 3.65. The summed E-state index contributed by atoms with van der Waals surface area (Å²) in [4.78, 5) is 4.07. The number of aromatic nitrogens is 2. The van der Waals surface area contributed by atoms with Crippen LogP contribution in [0.15, 0.2) is 49.1 Å². The highest BCUT2D eigenvalue weighted by Gasteiger charge is 2.19. The summed E-state index contributed by atoms with van der Waals surface area (Å²) in [5.41, 5.74) is 1.68. The molecule has 0 bridgehead atoms. The van der Waals surface area contributed by atoms with E-state index in [1.807, 2.05) is 18.7 Å². The molecule has 3 nitrogen and oxygen atoms in total. The van der Waals surface area contributed by atoms with Crippen LogP contribution in [0.25, 0.3) is 0 Å². The second-order valence-electron chi connectivity index (χ2n) is 6.48. The first-order valence-corrected chi connectivity index (χ1v) is 7.29. The molecule has 0 fully saturated rings. The standard InChI is InChI=1S/C17H25N3/c1-17(2,3)13-16(15-7-5-4-6-8-15)19-10-12-20-11-9-18-14-20/h4-9,11,14,16,19H,10,12-13H2,1-3H3. The third-order valence-corrected chi connectivity index (χ3v) is 3.34. The van der Waals surface area contributed by atoms with E-state index in [0.29, 0.717) is 11.5 Å². The maximum absolute atomic E-state index is 4.07. The van der Waals surface area contributed by atoms with Crippen molar-refractivity contribution in [3.05, 3.63) is 54.6 Å². The summed E-state index contributed by atoms with van der Waals surface area (Å²) in [5, 5.41) is 3.68. The summed E-state index contributed by atoms with van der Waals surface area (Å²) in [6.45, 7) is 8.78. The Morgan fingerprint density at radius 3 is 2.55 bits per heavy atom. The van der Waals surface area contributed by atoms with Crippen molar-refractivity contribution in [3.8, 4) is 0 Å². The van der Waals surface area contributed by atoms with Crippen LogP contribution >= 0.6 is 0 Å². The average molecular weight is 271 g/mol. The van der Waals surface area contributed by atoms with Crippen molar-refractivity contribution in [2.75, 3.05) is 6.54 Å². The van der Waals surface area contributed by atoms with Gasteiger partial charge in [-0.3, -0.25) is 0 Å². The monoisotopic (exact) mass is 271 g/mol. The van der Waals surface area contributed by atoms with Gasteiger partial charge in [-0.2, -0.15) is 0 Å². The zero-order valence-electron chi connectivity index (χ0n) is 12.7. The van der Waals surface area contributed by atoms with Gasteiger partial charge in [0.25, 0.3) is 0 Å². The lowest BCUT2D eigenvalue weighted by atomic mass is 9.85. The largest absolute Gasteiger partial charge is 0.336 e. The van der Waals surface area contributed by atoms with Crippen molar-refractivity contribution >= 4 is 0 Å². The predicted molar refractivity (Wildman–Crippen MR) is 83.5 cm³/mol. The van der Waals surface area contributed by atoms with E-state index in [1.54, 1.807) is 0 Å². The maximum Gasteiger partial charge on any atom is 0.0946 e. The van der Waals surface area contributed by atoms with Crippen LogP contribution in [-0.4, -0.2) is 16.1 Å². The molecule has 0 aliphatic rings. The SMILES string of the molecule is CC(C)(C)CC(NCCn1ccnc1)c1ccccc1. The molecule has 0 spiro atoms. The number of imidazole rings is 1. The van der Waals surface area contributed by atoms with E-state index >= 15 is 0 Å². The normalized spacial score (nSPS) is 13.3. The van der Waals surface area contributed by atoms with E-state index in [-0.39, 0.29) is 0 Å². The number of hydrogen-bond acceptors (Lipinski definition) is 2. The van der Waals surface area contributed by atoms with Crippen molar-refractivity contribution in [1.82, 2.24) is 14.9 Å². The molecule has 0 aliphatic carbocycles. The van der Waals surface area contributed by atoms with Crippen LogP contribution in [0.1, 0.15) is 38.8 Å². The molecule has 0 radical (unpaired) electrons. The molecule has 20 heavy (non-hydrogen) atoms. The molecular weight excluding hydrogens is 246 g/mol. The van der Waals surface area contributed by atoms with Crippen LogP contribution in [0.3, 0.4) is 0 Å². The van der Waals surface area contributed by atoms with Gasteiger partial charge in [0.15, 0.2) is 0 Å². The zero-order valence-corrected chi connectivity index (χ0v) is 12.7. The van der Waals surface area contributed by atoms with Crippen LogP contribution in [0.5, 0.6) is 0 Å². The smallest absolute Gasteiger partial charge is 0.0946 e. The minimum Gasteiger partial charge on any atom is -0.336 e. The van der Waals surface area contributed by atoms with E-state index in [2.05, 4.69) is 66.0 Å². The second-order valence-corrected chi connectivity index (χ2v) is 6.48. The van der Waals surface area contributed by atoms with E-state index in [4.69, 9.17) is 0 Å². The van der Waals surface area contributed by atoms with Crippen molar-refractivity contribution in [2.24, 2.45) is 5.41 Å². The lowest BCUT2D eigenvalue weighted by Gasteiger charge is -2.27. The van der Waals surface area contributed by atoms with Crippen molar-refractivity contribution in [1.29, 1.82) is 0 Å². The van der Waals surface area contributed by atoms with Crippen molar-refractivity contribution in [2.45, 2.75) is 39.8 Å². The van der Waals surface area contributed by atoms with Crippen LogP contribution < -0.4 is 5.32 Å². The molecule has 0 amide bonds. The van der Waals surface area contributed by atoms with Gasteiger partial charge in [0.1, 0.15) is 0 Å². The first-order chi connectivity index (χ1) is 9.54. The number of benzene rings is 1. The summed E-state index contributed by atoms with van der Waals surface area (Å²) in [6.07, 6.45) is 6.82. The molecule has 0 saturated heterocycles. The summed E-state index contributed by atoms with van der Waals surface area (Å²) in [6, 6.07) is 11.1.